The molecule has 2 amide bonds. The molecule has 0 aliphatic rings. The zero-order chi connectivity index (χ0) is 16.8. The van der Waals surface area contributed by atoms with Gasteiger partial charge in [-0.25, -0.2) is 4.39 Å². The monoisotopic (exact) mass is 316 g/mol. The number of benzene rings is 2. The average molecular weight is 316 g/mol. The molecule has 0 fully saturated rings. The quantitative estimate of drug-likeness (QED) is 0.923. The number of hydrogen-bond donors (Lipinski definition) is 1. The normalized spacial score (nSPS) is 10.0. The van der Waals surface area contributed by atoms with E-state index in [1.54, 1.807) is 24.3 Å². The molecule has 0 aromatic heterocycles. The summed E-state index contributed by atoms with van der Waals surface area (Å²) in [6.07, 6.45) is 0. The van der Waals surface area contributed by atoms with Crippen molar-refractivity contribution in [1.82, 2.24) is 0 Å². The first-order valence-electron chi connectivity index (χ1n) is 6.97. The number of halogens is 1. The minimum atomic E-state index is -0.384. The van der Waals surface area contributed by atoms with Crippen molar-refractivity contribution in [1.29, 1.82) is 0 Å². The maximum atomic E-state index is 12.9. The van der Waals surface area contributed by atoms with Crippen LogP contribution in [0, 0.1) is 5.82 Å². The molecule has 2 aromatic carbocycles. The van der Waals surface area contributed by atoms with Gasteiger partial charge in [-0.05, 0) is 36.4 Å². The summed E-state index contributed by atoms with van der Waals surface area (Å²) in [6.45, 7) is 1.23. The van der Waals surface area contributed by atoms with E-state index in [1.165, 1.54) is 43.2 Å². The van der Waals surface area contributed by atoms with Gasteiger partial charge in [-0.3, -0.25) is 9.59 Å². The molecule has 0 heterocycles. The molecule has 0 aliphatic heterocycles. The molecule has 0 atom stereocenters. The Bertz CT molecular complexity index is 701. The number of methoxy groups -OCH3 is 1. The van der Waals surface area contributed by atoms with E-state index >= 15 is 0 Å². The van der Waals surface area contributed by atoms with Crippen molar-refractivity contribution >= 4 is 23.2 Å². The first kappa shape index (κ1) is 16.5. The van der Waals surface area contributed by atoms with Crippen molar-refractivity contribution in [3.05, 3.63) is 54.3 Å². The predicted octanol–water partition coefficient (Wildman–Crippen LogP) is 2.83. The Morgan fingerprint density at radius 2 is 1.87 bits per heavy atom. The smallest absolute Gasteiger partial charge is 0.244 e. The number of anilines is 2. The van der Waals surface area contributed by atoms with Gasteiger partial charge in [-0.15, -0.1) is 0 Å². The van der Waals surface area contributed by atoms with Crippen LogP contribution in [-0.2, 0) is 9.59 Å². The van der Waals surface area contributed by atoms with E-state index in [1.807, 2.05) is 0 Å². The van der Waals surface area contributed by atoms with Crippen molar-refractivity contribution in [2.75, 3.05) is 23.9 Å². The lowest BCUT2D eigenvalue weighted by Crippen LogP contribution is -2.36. The van der Waals surface area contributed by atoms with Crippen molar-refractivity contribution in [3.8, 4) is 5.75 Å². The summed E-state index contributed by atoms with van der Waals surface area (Å²) >= 11 is 0. The maximum Gasteiger partial charge on any atom is 0.244 e. The van der Waals surface area contributed by atoms with E-state index in [0.29, 0.717) is 17.1 Å². The second-order valence-corrected chi connectivity index (χ2v) is 4.86. The van der Waals surface area contributed by atoms with Crippen LogP contribution in [0.2, 0.25) is 0 Å². The van der Waals surface area contributed by atoms with Gasteiger partial charge in [-0.2, -0.15) is 0 Å². The molecule has 0 saturated carbocycles. The number of amides is 2. The topological polar surface area (TPSA) is 58.6 Å². The summed E-state index contributed by atoms with van der Waals surface area (Å²) in [5, 5.41) is 2.62. The Morgan fingerprint density at radius 1 is 1.17 bits per heavy atom. The van der Waals surface area contributed by atoms with Gasteiger partial charge in [0, 0.05) is 24.4 Å². The van der Waals surface area contributed by atoms with Crippen LogP contribution in [-0.4, -0.2) is 25.5 Å². The van der Waals surface area contributed by atoms with E-state index in [-0.39, 0.29) is 24.2 Å². The third kappa shape index (κ3) is 4.54. The van der Waals surface area contributed by atoms with Crippen molar-refractivity contribution in [2.45, 2.75) is 6.92 Å². The highest BCUT2D eigenvalue weighted by Crippen LogP contribution is 2.21. The molecule has 6 heteroatoms. The Labute approximate surface area is 133 Å². The predicted molar refractivity (Wildman–Crippen MR) is 86.1 cm³/mol. The van der Waals surface area contributed by atoms with E-state index in [4.69, 9.17) is 4.74 Å². The molecule has 2 rings (SSSR count). The number of nitrogens with one attached hydrogen (secondary N) is 1. The van der Waals surface area contributed by atoms with Crippen LogP contribution in [0.3, 0.4) is 0 Å². The van der Waals surface area contributed by atoms with Crippen LogP contribution >= 0.6 is 0 Å². The molecule has 0 spiro atoms. The van der Waals surface area contributed by atoms with Gasteiger partial charge in [0.25, 0.3) is 0 Å². The zero-order valence-corrected chi connectivity index (χ0v) is 12.9. The lowest BCUT2D eigenvalue weighted by molar-refractivity contribution is -0.120. The van der Waals surface area contributed by atoms with Crippen LogP contribution in [0.25, 0.3) is 0 Å². The molecule has 5 nitrogen and oxygen atoms in total. The second-order valence-electron chi connectivity index (χ2n) is 4.86. The van der Waals surface area contributed by atoms with Gasteiger partial charge in [0.15, 0.2) is 0 Å². The van der Waals surface area contributed by atoms with E-state index < -0.39 is 0 Å². The number of carbonyl (C=O) groups is 2. The summed E-state index contributed by atoms with van der Waals surface area (Å²) in [5.41, 5.74) is 1.02. The molecular formula is C17H17FN2O3. The Morgan fingerprint density at radius 3 is 2.48 bits per heavy atom. The number of hydrogen-bond acceptors (Lipinski definition) is 3. The third-order valence-corrected chi connectivity index (χ3v) is 3.17. The van der Waals surface area contributed by atoms with E-state index in [9.17, 15) is 14.0 Å². The fraction of sp³-hybridized carbons (Fsp3) is 0.176. The van der Waals surface area contributed by atoms with Gasteiger partial charge in [-0.1, -0.05) is 6.07 Å². The number of carbonyl (C=O) groups excluding carboxylic acids is 2. The molecule has 2 aromatic rings. The SMILES string of the molecule is COc1cccc(N(CC(=O)Nc2ccc(F)cc2)C(C)=O)c1. The Hall–Kier alpha value is -2.89. The highest BCUT2D eigenvalue weighted by Gasteiger charge is 2.16. The molecule has 0 aliphatic carbocycles. The maximum absolute atomic E-state index is 12.9. The largest absolute Gasteiger partial charge is 0.497 e. The number of ether oxygens (including phenoxy) is 1. The number of rotatable bonds is 5. The lowest BCUT2D eigenvalue weighted by atomic mass is 10.2. The van der Waals surface area contributed by atoms with Crippen LogP contribution in [0.15, 0.2) is 48.5 Å². The molecule has 0 radical (unpaired) electrons. The van der Waals surface area contributed by atoms with E-state index in [2.05, 4.69) is 5.32 Å². The lowest BCUT2D eigenvalue weighted by Gasteiger charge is -2.21. The van der Waals surface area contributed by atoms with Gasteiger partial charge in [0.2, 0.25) is 11.8 Å². The summed E-state index contributed by atoms with van der Waals surface area (Å²) in [5.74, 6) is -0.445. The van der Waals surface area contributed by atoms with Crippen LogP contribution in [0.4, 0.5) is 15.8 Å². The molecule has 23 heavy (non-hydrogen) atoms. The molecule has 1 N–H and O–H groups in total. The van der Waals surface area contributed by atoms with Crippen molar-refractivity contribution in [2.24, 2.45) is 0 Å². The molecule has 120 valence electrons. The van der Waals surface area contributed by atoms with Gasteiger partial charge in [0.05, 0.1) is 7.11 Å². The van der Waals surface area contributed by atoms with Gasteiger partial charge < -0.3 is 15.0 Å². The number of nitrogens with zero attached hydrogens (tertiary/aromatic N) is 1. The Balaban J connectivity index is 2.11. The summed E-state index contributed by atoms with van der Waals surface area (Å²) in [7, 11) is 1.53. The van der Waals surface area contributed by atoms with Gasteiger partial charge >= 0.3 is 0 Å². The fourth-order valence-electron chi connectivity index (χ4n) is 2.04. The molecular weight excluding hydrogens is 299 g/mol. The highest BCUT2D eigenvalue weighted by atomic mass is 19.1. The highest BCUT2D eigenvalue weighted by molar-refractivity contribution is 6.01. The van der Waals surface area contributed by atoms with Crippen LogP contribution in [0.5, 0.6) is 5.75 Å². The first-order valence-corrected chi connectivity index (χ1v) is 6.97. The summed E-state index contributed by atoms with van der Waals surface area (Å²) in [4.78, 5) is 25.3. The minimum absolute atomic E-state index is 0.153. The third-order valence-electron chi connectivity index (χ3n) is 3.17. The van der Waals surface area contributed by atoms with E-state index in [0.717, 1.165) is 0 Å². The van der Waals surface area contributed by atoms with Crippen LogP contribution in [0.1, 0.15) is 6.92 Å². The molecule has 0 saturated heterocycles. The summed E-state index contributed by atoms with van der Waals surface area (Å²) < 4.78 is 18.0. The van der Waals surface area contributed by atoms with Crippen molar-refractivity contribution < 1.29 is 18.7 Å². The summed E-state index contributed by atoms with van der Waals surface area (Å²) in [6, 6.07) is 12.3. The fourth-order valence-corrected chi connectivity index (χ4v) is 2.04. The van der Waals surface area contributed by atoms with Gasteiger partial charge in [0.1, 0.15) is 18.1 Å². The van der Waals surface area contributed by atoms with Crippen molar-refractivity contribution in [3.63, 3.8) is 0 Å². The standard InChI is InChI=1S/C17H17FN2O3/c1-12(21)20(15-4-3-5-16(10-15)23-2)11-17(22)19-14-8-6-13(18)7-9-14/h3-10H,11H2,1-2H3,(H,19,22). The zero-order valence-electron chi connectivity index (χ0n) is 12.9. The molecule has 0 unspecified atom stereocenters. The second kappa shape index (κ2) is 7.40. The Kier molecular flexibility index (Phi) is 5.30. The van der Waals surface area contributed by atoms with Crippen LogP contribution < -0.4 is 15.0 Å². The molecule has 0 bridgehead atoms. The average Bonchev–Trinajstić information content (AvgIpc) is 2.54. The minimum Gasteiger partial charge on any atom is -0.497 e. The first-order chi connectivity index (χ1) is 11.0.